The summed E-state index contributed by atoms with van der Waals surface area (Å²) in [6, 6.07) is 7.42. The van der Waals surface area contributed by atoms with Gasteiger partial charge in [0.1, 0.15) is 0 Å². The smallest absolute Gasteiger partial charge is 0.215 e. The molecule has 0 aliphatic heterocycles. The topological polar surface area (TPSA) is 91.8 Å². The zero-order chi connectivity index (χ0) is 17.8. The summed E-state index contributed by atoms with van der Waals surface area (Å²) in [6.45, 7) is 7.30. The first-order chi connectivity index (χ1) is 11.5. The molecule has 144 valence electrons. The molecule has 0 unspecified atom stereocenters. The number of hydrogen-bond acceptors (Lipinski definition) is 4. The van der Waals surface area contributed by atoms with Crippen LogP contribution in [0.4, 0.5) is 0 Å². The Morgan fingerprint density at radius 2 is 1.76 bits per heavy atom. The number of hydrogen-bond donors (Lipinski definition) is 3. The molecule has 0 aliphatic rings. The molecule has 0 atom stereocenters. The van der Waals surface area contributed by atoms with Gasteiger partial charge < -0.3 is 15.4 Å². The van der Waals surface area contributed by atoms with E-state index in [0.717, 1.165) is 23.6 Å². The van der Waals surface area contributed by atoms with E-state index in [0.29, 0.717) is 26.3 Å². The molecule has 0 heterocycles. The molecule has 0 bridgehead atoms. The van der Waals surface area contributed by atoms with E-state index in [2.05, 4.69) is 20.3 Å². The fourth-order valence-electron chi connectivity index (χ4n) is 1.93. The molecule has 0 saturated heterocycles. The second kappa shape index (κ2) is 13.3. The highest BCUT2D eigenvalue weighted by molar-refractivity contribution is 14.0. The van der Waals surface area contributed by atoms with Gasteiger partial charge in [-0.05, 0) is 32.0 Å². The van der Waals surface area contributed by atoms with Gasteiger partial charge >= 0.3 is 0 Å². The Hall–Kier alpha value is -0.910. The molecular formula is C16H29IN4O3S. The molecular weight excluding hydrogens is 455 g/mol. The summed E-state index contributed by atoms with van der Waals surface area (Å²) in [7, 11) is -1.83. The lowest BCUT2D eigenvalue weighted by molar-refractivity contribution is 0.152. The van der Waals surface area contributed by atoms with Gasteiger partial charge in [-0.1, -0.05) is 24.3 Å². The molecule has 0 aromatic heterocycles. The standard InChI is InChI=1S/C16H28N4O3S.HI/c1-4-18-16(19-10-11-23-5-2)20-12-14-6-8-15(9-7-14)13-24(21,22)17-3;/h6-9,17H,4-5,10-13H2,1-3H3,(H2,18,19,20);1H. The van der Waals surface area contributed by atoms with E-state index in [1.807, 2.05) is 38.1 Å². The minimum atomic E-state index is -3.24. The first-order valence-electron chi connectivity index (χ1n) is 8.09. The van der Waals surface area contributed by atoms with Crippen molar-refractivity contribution in [2.24, 2.45) is 4.99 Å². The van der Waals surface area contributed by atoms with Crippen LogP contribution >= 0.6 is 24.0 Å². The van der Waals surface area contributed by atoms with E-state index >= 15 is 0 Å². The van der Waals surface area contributed by atoms with E-state index in [9.17, 15) is 8.42 Å². The van der Waals surface area contributed by atoms with Crippen molar-refractivity contribution in [3.8, 4) is 0 Å². The fraction of sp³-hybridized carbons (Fsp3) is 0.562. The zero-order valence-corrected chi connectivity index (χ0v) is 18.2. The Bertz CT molecular complexity index is 606. The number of nitrogens with zero attached hydrogens (tertiary/aromatic N) is 1. The molecule has 9 heteroatoms. The van der Waals surface area contributed by atoms with Crippen LogP contribution in [0.1, 0.15) is 25.0 Å². The van der Waals surface area contributed by atoms with Crippen molar-refractivity contribution in [1.29, 1.82) is 0 Å². The van der Waals surface area contributed by atoms with Crippen LogP contribution in [0.15, 0.2) is 29.3 Å². The number of benzene rings is 1. The van der Waals surface area contributed by atoms with Crippen LogP contribution in [0.25, 0.3) is 0 Å². The maximum absolute atomic E-state index is 11.5. The molecule has 0 radical (unpaired) electrons. The Labute approximate surface area is 168 Å². The van der Waals surface area contributed by atoms with Crippen molar-refractivity contribution in [1.82, 2.24) is 15.4 Å². The van der Waals surface area contributed by atoms with E-state index in [1.54, 1.807) is 0 Å². The number of guanidine groups is 1. The van der Waals surface area contributed by atoms with Gasteiger partial charge in [0.05, 0.1) is 18.9 Å². The second-order valence-corrected chi connectivity index (χ2v) is 7.02. The Morgan fingerprint density at radius 3 is 2.32 bits per heavy atom. The average Bonchev–Trinajstić information content (AvgIpc) is 2.57. The highest BCUT2D eigenvalue weighted by Crippen LogP contribution is 2.08. The third-order valence-electron chi connectivity index (χ3n) is 3.20. The zero-order valence-electron chi connectivity index (χ0n) is 15.0. The summed E-state index contributed by atoms with van der Waals surface area (Å²) in [5, 5.41) is 6.38. The van der Waals surface area contributed by atoms with E-state index < -0.39 is 10.0 Å². The minimum absolute atomic E-state index is 0. The van der Waals surface area contributed by atoms with Gasteiger partial charge in [0.2, 0.25) is 10.0 Å². The summed E-state index contributed by atoms with van der Waals surface area (Å²) in [5.41, 5.74) is 1.77. The number of sulfonamides is 1. The van der Waals surface area contributed by atoms with Crippen molar-refractivity contribution in [2.75, 3.05) is 33.4 Å². The largest absolute Gasteiger partial charge is 0.380 e. The lowest BCUT2D eigenvalue weighted by atomic mass is 10.1. The van der Waals surface area contributed by atoms with Crippen molar-refractivity contribution in [3.05, 3.63) is 35.4 Å². The van der Waals surface area contributed by atoms with Gasteiger partial charge in [0.15, 0.2) is 5.96 Å². The molecule has 1 aromatic carbocycles. The molecule has 7 nitrogen and oxygen atoms in total. The number of halogens is 1. The number of ether oxygens (including phenoxy) is 1. The van der Waals surface area contributed by atoms with Gasteiger partial charge in [-0.3, -0.25) is 0 Å². The first-order valence-corrected chi connectivity index (χ1v) is 9.75. The molecule has 1 aromatic rings. The third kappa shape index (κ3) is 10.6. The summed E-state index contributed by atoms with van der Waals surface area (Å²) in [4.78, 5) is 4.51. The molecule has 0 aliphatic carbocycles. The first kappa shape index (κ1) is 24.1. The van der Waals surface area contributed by atoms with Crippen LogP contribution in [0.3, 0.4) is 0 Å². The summed E-state index contributed by atoms with van der Waals surface area (Å²) in [5.74, 6) is 0.716. The van der Waals surface area contributed by atoms with E-state index in [1.165, 1.54) is 7.05 Å². The molecule has 0 fully saturated rings. The van der Waals surface area contributed by atoms with Crippen molar-refractivity contribution < 1.29 is 13.2 Å². The molecule has 3 N–H and O–H groups in total. The second-order valence-electron chi connectivity index (χ2n) is 5.10. The SMILES string of the molecule is CCNC(=NCc1ccc(CS(=O)(=O)NC)cc1)NCCOCC.I. The average molecular weight is 484 g/mol. The van der Waals surface area contributed by atoms with Crippen molar-refractivity contribution in [3.63, 3.8) is 0 Å². The summed E-state index contributed by atoms with van der Waals surface area (Å²) in [6.07, 6.45) is 0. The van der Waals surface area contributed by atoms with Gasteiger partial charge in [-0.2, -0.15) is 0 Å². The maximum atomic E-state index is 11.5. The maximum Gasteiger partial charge on any atom is 0.215 e. The Morgan fingerprint density at radius 1 is 1.12 bits per heavy atom. The van der Waals surface area contributed by atoms with E-state index in [-0.39, 0.29) is 29.7 Å². The van der Waals surface area contributed by atoms with Gasteiger partial charge in [-0.15, -0.1) is 24.0 Å². The lowest BCUT2D eigenvalue weighted by Gasteiger charge is -2.11. The van der Waals surface area contributed by atoms with Crippen LogP contribution in [0.5, 0.6) is 0 Å². The fourth-order valence-corrected chi connectivity index (χ4v) is 2.71. The van der Waals surface area contributed by atoms with E-state index in [4.69, 9.17) is 4.74 Å². The number of rotatable bonds is 10. The molecule has 0 saturated carbocycles. The minimum Gasteiger partial charge on any atom is -0.380 e. The highest BCUT2D eigenvalue weighted by atomic mass is 127. The monoisotopic (exact) mass is 484 g/mol. The quantitative estimate of drug-likeness (QED) is 0.202. The molecule has 0 spiro atoms. The number of aliphatic imine (C=N–C) groups is 1. The lowest BCUT2D eigenvalue weighted by Crippen LogP contribution is -2.39. The predicted octanol–water partition coefficient (Wildman–Crippen LogP) is 1.45. The molecule has 1 rings (SSSR count). The third-order valence-corrected chi connectivity index (χ3v) is 4.53. The summed E-state index contributed by atoms with van der Waals surface area (Å²) >= 11 is 0. The van der Waals surface area contributed by atoms with Crippen molar-refractivity contribution >= 4 is 40.0 Å². The van der Waals surface area contributed by atoms with Gasteiger partial charge in [0, 0.05) is 19.7 Å². The van der Waals surface area contributed by atoms with Gasteiger partial charge in [0.25, 0.3) is 0 Å². The van der Waals surface area contributed by atoms with Gasteiger partial charge in [-0.25, -0.2) is 18.1 Å². The van der Waals surface area contributed by atoms with Crippen LogP contribution in [0.2, 0.25) is 0 Å². The highest BCUT2D eigenvalue weighted by Gasteiger charge is 2.08. The molecule has 25 heavy (non-hydrogen) atoms. The Kier molecular flexibility index (Phi) is 12.8. The Balaban J connectivity index is 0.00000576. The summed E-state index contributed by atoms with van der Waals surface area (Å²) < 4.78 is 30.7. The normalized spacial score (nSPS) is 11.7. The number of nitrogens with one attached hydrogen (secondary N) is 3. The van der Waals surface area contributed by atoms with Crippen LogP contribution in [-0.4, -0.2) is 47.7 Å². The molecule has 0 amide bonds. The predicted molar refractivity (Wildman–Crippen MR) is 113 cm³/mol. The van der Waals surface area contributed by atoms with Crippen molar-refractivity contribution in [2.45, 2.75) is 26.1 Å². The van der Waals surface area contributed by atoms with Crippen LogP contribution < -0.4 is 15.4 Å². The van der Waals surface area contributed by atoms with Crippen LogP contribution in [0, 0.1) is 0 Å². The van der Waals surface area contributed by atoms with Crippen LogP contribution in [-0.2, 0) is 27.1 Å².